The van der Waals surface area contributed by atoms with Crippen molar-refractivity contribution in [3.63, 3.8) is 0 Å². The zero-order valence-corrected chi connectivity index (χ0v) is 18.1. The van der Waals surface area contributed by atoms with Crippen molar-refractivity contribution in [2.75, 3.05) is 32.8 Å². The average Bonchev–Trinajstić information content (AvgIpc) is 3.25. The molecular formula is C24H25FN4O3. The van der Waals surface area contributed by atoms with E-state index in [0.29, 0.717) is 44.2 Å². The van der Waals surface area contributed by atoms with Crippen LogP contribution in [0.1, 0.15) is 23.0 Å². The molecule has 0 radical (unpaired) electrons. The van der Waals surface area contributed by atoms with Crippen molar-refractivity contribution in [3.8, 4) is 16.9 Å². The minimum absolute atomic E-state index is 0.171. The van der Waals surface area contributed by atoms with Crippen LogP contribution in [-0.2, 0) is 4.74 Å². The number of carbonyl (C=O) groups is 2. The van der Waals surface area contributed by atoms with Crippen molar-refractivity contribution < 1.29 is 18.7 Å². The summed E-state index contributed by atoms with van der Waals surface area (Å²) in [6.07, 6.45) is -0.358. The normalized spacial score (nSPS) is 13.8. The number of hydrogen-bond acceptors (Lipinski definition) is 4. The Morgan fingerprint density at radius 1 is 0.969 bits per heavy atom. The van der Waals surface area contributed by atoms with Crippen LogP contribution in [0.25, 0.3) is 16.9 Å². The minimum Gasteiger partial charge on any atom is -0.450 e. The van der Waals surface area contributed by atoms with E-state index >= 15 is 0 Å². The Balaban J connectivity index is 1.63. The van der Waals surface area contributed by atoms with Gasteiger partial charge < -0.3 is 14.5 Å². The van der Waals surface area contributed by atoms with Crippen LogP contribution in [0.2, 0.25) is 0 Å². The maximum absolute atomic E-state index is 13.4. The van der Waals surface area contributed by atoms with Gasteiger partial charge in [-0.05, 0) is 56.3 Å². The average molecular weight is 436 g/mol. The SMILES string of the molecule is CCOC(=O)N1CCN(C(=O)c2cc(-c3ccc(F)cc3)nn2-c2ccc(C)cc2)CC1. The van der Waals surface area contributed by atoms with Crippen molar-refractivity contribution in [2.24, 2.45) is 0 Å². The number of aromatic nitrogens is 2. The van der Waals surface area contributed by atoms with Gasteiger partial charge >= 0.3 is 6.09 Å². The number of hydrogen-bond donors (Lipinski definition) is 0. The predicted molar refractivity (Wildman–Crippen MR) is 118 cm³/mol. The molecule has 0 bridgehead atoms. The zero-order valence-electron chi connectivity index (χ0n) is 18.1. The summed E-state index contributed by atoms with van der Waals surface area (Å²) >= 11 is 0. The van der Waals surface area contributed by atoms with Crippen LogP contribution >= 0.6 is 0 Å². The van der Waals surface area contributed by atoms with Crippen LogP contribution in [0.3, 0.4) is 0 Å². The monoisotopic (exact) mass is 436 g/mol. The lowest BCUT2D eigenvalue weighted by molar-refractivity contribution is 0.0563. The van der Waals surface area contributed by atoms with E-state index in [4.69, 9.17) is 4.74 Å². The summed E-state index contributed by atoms with van der Waals surface area (Å²) < 4.78 is 20.0. The molecule has 2 amide bonds. The second-order valence-electron chi connectivity index (χ2n) is 7.65. The molecule has 0 atom stereocenters. The first kappa shape index (κ1) is 21.5. The highest BCUT2D eigenvalue weighted by Gasteiger charge is 2.28. The molecule has 1 fully saturated rings. The number of benzene rings is 2. The zero-order chi connectivity index (χ0) is 22.7. The molecule has 7 nitrogen and oxygen atoms in total. The van der Waals surface area contributed by atoms with Crippen LogP contribution < -0.4 is 0 Å². The Hall–Kier alpha value is -3.68. The number of nitrogens with zero attached hydrogens (tertiary/aromatic N) is 4. The fraction of sp³-hybridized carbons (Fsp3) is 0.292. The first-order valence-electron chi connectivity index (χ1n) is 10.6. The van der Waals surface area contributed by atoms with Gasteiger partial charge in [-0.2, -0.15) is 5.10 Å². The first-order valence-corrected chi connectivity index (χ1v) is 10.6. The van der Waals surface area contributed by atoms with E-state index in [1.807, 2.05) is 31.2 Å². The molecule has 4 rings (SSSR count). The molecule has 32 heavy (non-hydrogen) atoms. The summed E-state index contributed by atoms with van der Waals surface area (Å²) in [5.74, 6) is -0.502. The molecule has 0 spiro atoms. The largest absolute Gasteiger partial charge is 0.450 e. The number of aryl methyl sites for hydroxylation is 1. The first-order chi connectivity index (χ1) is 15.5. The topological polar surface area (TPSA) is 67.7 Å². The molecule has 8 heteroatoms. The van der Waals surface area contributed by atoms with Gasteiger partial charge in [-0.15, -0.1) is 0 Å². The number of piperazine rings is 1. The summed E-state index contributed by atoms with van der Waals surface area (Å²) in [6, 6.07) is 15.5. The van der Waals surface area contributed by atoms with Crippen molar-refractivity contribution in [1.29, 1.82) is 0 Å². The van der Waals surface area contributed by atoms with E-state index in [1.54, 1.807) is 39.6 Å². The molecule has 3 aromatic rings. The predicted octanol–water partition coefficient (Wildman–Crippen LogP) is 3.90. The Bertz CT molecular complexity index is 1100. The summed E-state index contributed by atoms with van der Waals surface area (Å²) in [6.45, 7) is 5.71. The van der Waals surface area contributed by atoms with E-state index in [0.717, 1.165) is 16.8 Å². The lowest BCUT2D eigenvalue weighted by Crippen LogP contribution is -2.51. The minimum atomic E-state index is -0.358. The van der Waals surface area contributed by atoms with E-state index in [-0.39, 0.29) is 17.8 Å². The molecule has 0 unspecified atom stereocenters. The lowest BCUT2D eigenvalue weighted by Gasteiger charge is -2.34. The maximum Gasteiger partial charge on any atom is 0.409 e. The van der Waals surface area contributed by atoms with E-state index < -0.39 is 0 Å². The number of rotatable bonds is 4. The van der Waals surface area contributed by atoms with Crippen molar-refractivity contribution in [1.82, 2.24) is 19.6 Å². The Labute approximate surface area is 186 Å². The van der Waals surface area contributed by atoms with Gasteiger partial charge in [0, 0.05) is 31.7 Å². The summed E-state index contributed by atoms with van der Waals surface area (Å²) in [4.78, 5) is 28.7. The summed E-state index contributed by atoms with van der Waals surface area (Å²) in [5, 5.41) is 4.66. The molecular weight excluding hydrogens is 411 g/mol. The smallest absolute Gasteiger partial charge is 0.409 e. The van der Waals surface area contributed by atoms with Crippen molar-refractivity contribution in [3.05, 3.63) is 71.7 Å². The second-order valence-corrected chi connectivity index (χ2v) is 7.65. The summed E-state index contributed by atoms with van der Waals surface area (Å²) in [7, 11) is 0. The van der Waals surface area contributed by atoms with Gasteiger partial charge in [0.05, 0.1) is 18.0 Å². The highest BCUT2D eigenvalue weighted by atomic mass is 19.1. The third-order valence-electron chi connectivity index (χ3n) is 5.44. The number of amides is 2. The summed E-state index contributed by atoms with van der Waals surface area (Å²) in [5.41, 5.74) is 3.58. The fourth-order valence-corrected chi connectivity index (χ4v) is 3.65. The Kier molecular flexibility index (Phi) is 6.20. The highest BCUT2D eigenvalue weighted by molar-refractivity contribution is 5.94. The van der Waals surface area contributed by atoms with Gasteiger partial charge in [0.2, 0.25) is 0 Å². The number of halogens is 1. The molecule has 166 valence electrons. The van der Waals surface area contributed by atoms with Gasteiger partial charge in [-0.25, -0.2) is 13.9 Å². The third kappa shape index (κ3) is 4.49. The van der Waals surface area contributed by atoms with E-state index in [1.165, 1.54) is 12.1 Å². The molecule has 1 aliphatic heterocycles. The van der Waals surface area contributed by atoms with E-state index in [2.05, 4.69) is 5.10 Å². The molecule has 0 aliphatic carbocycles. The van der Waals surface area contributed by atoms with Gasteiger partial charge in [0.25, 0.3) is 5.91 Å². The second kappa shape index (κ2) is 9.21. The van der Waals surface area contributed by atoms with E-state index in [9.17, 15) is 14.0 Å². The van der Waals surface area contributed by atoms with Gasteiger partial charge in [-0.1, -0.05) is 17.7 Å². The van der Waals surface area contributed by atoms with Crippen molar-refractivity contribution >= 4 is 12.0 Å². The van der Waals surface area contributed by atoms with Gasteiger partial charge in [-0.3, -0.25) is 4.79 Å². The van der Waals surface area contributed by atoms with Gasteiger partial charge in [0.15, 0.2) is 0 Å². The standard InChI is InChI=1S/C24H25FN4O3/c1-3-32-24(31)28-14-12-27(13-15-28)23(30)22-16-21(18-6-8-19(25)9-7-18)26-29(22)20-10-4-17(2)5-11-20/h4-11,16H,3,12-15H2,1-2H3. The van der Waals surface area contributed by atoms with Crippen LogP contribution in [0.15, 0.2) is 54.6 Å². The quantitative estimate of drug-likeness (QED) is 0.622. The number of ether oxygens (including phenoxy) is 1. The molecule has 0 N–H and O–H groups in total. The van der Waals surface area contributed by atoms with Crippen molar-refractivity contribution in [2.45, 2.75) is 13.8 Å². The number of carbonyl (C=O) groups excluding carboxylic acids is 2. The van der Waals surface area contributed by atoms with Gasteiger partial charge in [0.1, 0.15) is 11.5 Å². The fourth-order valence-electron chi connectivity index (χ4n) is 3.65. The molecule has 1 saturated heterocycles. The maximum atomic E-state index is 13.4. The van der Waals surface area contributed by atoms with Crippen LogP contribution in [0.4, 0.5) is 9.18 Å². The molecule has 2 heterocycles. The lowest BCUT2D eigenvalue weighted by atomic mass is 10.1. The highest BCUT2D eigenvalue weighted by Crippen LogP contribution is 2.24. The van der Waals surface area contributed by atoms with Crippen LogP contribution in [0.5, 0.6) is 0 Å². The Morgan fingerprint density at radius 3 is 2.22 bits per heavy atom. The third-order valence-corrected chi connectivity index (χ3v) is 5.44. The molecule has 1 aromatic heterocycles. The molecule has 2 aromatic carbocycles. The molecule has 0 saturated carbocycles. The Morgan fingerprint density at radius 2 is 1.59 bits per heavy atom. The van der Waals surface area contributed by atoms with Crippen LogP contribution in [-0.4, -0.2) is 64.4 Å². The molecule has 1 aliphatic rings. The van der Waals surface area contributed by atoms with Crippen LogP contribution in [0, 0.1) is 12.7 Å².